The smallest absolute Gasteiger partial charge is 0.0195 e. The van der Waals surface area contributed by atoms with Crippen LogP contribution in [0.1, 0.15) is 25.7 Å². The third-order valence-corrected chi connectivity index (χ3v) is 4.71. The molecule has 2 heterocycles. The molecule has 0 amide bonds. The van der Waals surface area contributed by atoms with E-state index in [1.54, 1.807) is 0 Å². The van der Waals surface area contributed by atoms with E-state index in [0.29, 0.717) is 0 Å². The Labute approximate surface area is 98.2 Å². The molecule has 2 aliphatic rings. The lowest BCUT2D eigenvalue weighted by molar-refractivity contribution is 0.221. The van der Waals surface area contributed by atoms with Gasteiger partial charge in [0.15, 0.2) is 0 Å². The number of nitrogens with one attached hydrogen (secondary N) is 1. The van der Waals surface area contributed by atoms with E-state index >= 15 is 0 Å². The maximum absolute atomic E-state index is 3.77. The van der Waals surface area contributed by atoms with E-state index < -0.39 is 0 Å². The standard InChI is InChI=1S/C12H24N2S/c1-14-6-2-3-12(10-14)13-9-11-4-7-15-8-5-11/h11-13H,2-10H2,1H3. The van der Waals surface area contributed by atoms with Crippen LogP contribution in [0.25, 0.3) is 0 Å². The average Bonchev–Trinajstić information content (AvgIpc) is 2.28. The SMILES string of the molecule is CN1CCCC(NCC2CCSCC2)C1. The molecule has 1 N–H and O–H groups in total. The first kappa shape index (κ1) is 11.7. The highest BCUT2D eigenvalue weighted by Crippen LogP contribution is 2.22. The largest absolute Gasteiger partial charge is 0.312 e. The second kappa shape index (κ2) is 6.12. The summed E-state index contributed by atoms with van der Waals surface area (Å²) in [6, 6.07) is 0.762. The van der Waals surface area contributed by atoms with Gasteiger partial charge in [0.25, 0.3) is 0 Å². The molecule has 0 aliphatic carbocycles. The van der Waals surface area contributed by atoms with E-state index in [4.69, 9.17) is 0 Å². The van der Waals surface area contributed by atoms with Crippen LogP contribution in [0, 0.1) is 5.92 Å². The Bertz CT molecular complexity index is 180. The molecule has 2 saturated heterocycles. The minimum absolute atomic E-state index is 0.762. The highest BCUT2D eigenvalue weighted by Gasteiger charge is 2.19. The number of thioether (sulfide) groups is 1. The Morgan fingerprint density at radius 2 is 2.07 bits per heavy atom. The van der Waals surface area contributed by atoms with E-state index in [2.05, 4.69) is 29.0 Å². The summed E-state index contributed by atoms with van der Waals surface area (Å²) in [7, 11) is 2.24. The van der Waals surface area contributed by atoms with Crippen molar-refractivity contribution in [3.05, 3.63) is 0 Å². The number of hydrogen-bond acceptors (Lipinski definition) is 3. The third kappa shape index (κ3) is 3.97. The van der Waals surface area contributed by atoms with Crippen molar-refractivity contribution in [1.29, 1.82) is 0 Å². The molecule has 2 aliphatic heterocycles. The van der Waals surface area contributed by atoms with Gasteiger partial charge in [0.05, 0.1) is 0 Å². The summed E-state index contributed by atoms with van der Waals surface area (Å²) in [6.45, 7) is 3.80. The van der Waals surface area contributed by atoms with Crippen molar-refractivity contribution in [3.63, 3.8) is 0 Å². The molecular formula is C12H24N2S. The maximum Gasteiger partial charge on any atom is 0.0195 e. The van der Waals surface area contributed by atoms with Crippen LogP contribution in [-0.4, -0.2) is 49.1 Å². The summed E-state index contributed by atoms with van der Waals surface area (Å²) in [4.78, 5) is 2.46. The van der Waals surface area contributed by atoms with Gasteiger partial charge in [0, 0.05) is 12.6 Å². The zero-order chi connectivity index (χ0) is 10.5. The van der Waals surface area contributed by atoms with Gasteiger partial charge in [0.2, 0.25) is 0 Å². The van der Waals surface area contributed by atoms with Gasteiger partial charge >= 0.3 is 0 Å². The monoisotopic (exact) mass is 228 g/mol. The zero-order valence-electron chi connectivity index (χ0n) is 9.87. The van der Waals surface area contributed by atoms with Crippen LogP contribution in [0.3, 0.4) is 0 Å². The first-order chi connectivity index (χ1) is 7.34. The van der Waals surface area contributed by atoms with Crippen molar-refractivity contribution in [2.45, 2.75) is 31.7 Å². The number of likely N-dealkylation sites (N-methyl/N-ethyl adjacent to an activating group) is 1. The zero-order valence-corrected chi connectivity index (χ0v) is 10.7. The summed E-state index contributed by atoms with van der Waals surface area (Å²) in [5.74, 6) is 3.73. The highest BCUT2D eigenvalue weighted by atomic mass is 32.2. The van der Waals surface area contributed by atoms with Crippen LogP contribution in [0.5, 0.6) is 0 Å². The summed E-state index contributed by atoms with van der Waals surface area (Å²) in [6.07, 6.45) is 5.61. The summed E-state index contributed by atoms with van der Waals surface area (Å²) in [5.41, 5.74) is 0. The minimum atomic E-state index is 0.762. The van der Waals surface area contributed by atoms with Crippen LogP contribution in [0.15, 0.2) is 0 Å². The highest BCUT2D eigenvalue weighted by molar-refractivity contribution is 7.99. The lowest BCUT2D eigenvalue weighted by Crippen LogP contribution is -2.45. The fraction of sp³-hybridized carbons (Fsp3) is 1.00. The predicted octanol–water partition coefficient (Wildman–Crippen LogP) is 1.81. The minimum Gasteiger partial charge on any atom is -0.312 e. The Kier molecular flexibility index (Phi) is 4.79. The first-order valence-electron chi connectivity index (χ1n) is 6.34. The Morgan fingerprint density at radius 3 is 2.80 bits per heavy atom. The molecule has 1 atom stereocenters. The molecule has 15 heavy (non-hydrogen) atoms. The lowest BCUT2D eigenvalue weighted by atomic mass is 10.0. The topological polar surface area (TPSA) is 15.3 Å². The molecule has 1 unspecified atom stereocenters. The number of likely N-dealkylation sites (tertiary alicyclic amines) is 1. The van der Waals surface area contributed by atoms with Crippen molar-refractivity contribution < 1.29 is 0 Å². The number of rotatable bonds is 3. The van der Waals surface area contributed by atoms with Crippen LogP contribution < -0.4 is 5.32 Å². The molecule has 0 spiro atoms. The predicted molar refractivity (Wildman–Crippen MR) is 68.6 cm³/mol. The van der Waals surface area contributed by atoms with Gasteiger partial charge in [-0.05, 0) is 63.2 Å². The fourth-order valence-electron chi connectivity index (χ4n) is 2.62. The average molecular weight is 228 g/mol. The molecule has 0 radical (unpaired) electrons. The van der Waals surface area contributed by atoms with Crippen molar-refractivity contribution in [2.24, 2.45) is 5.92 Å². The Balaban J connectivity index is 1.63. The molecule has 0 aromatic carbocycles. The molecule has 0 bridgehead atoms. The first-order valence-corrected chi connectivity index (χ1v) is 7.50. The second-order valence-electron chi connectivity index (χ2n) is 5.07. The Hall–Kier alpha value is 0.270. The van der Waals surface area contributed by atoms with Gasteiger partial charge in [-0.2, -0.15) is 11.8 Å². The van der Waals surface area contributed by atoms with Crippen molar-refractivity contribution in [1.82, 2.24) is 10.2 Å². The van der Waals surface area contributed by atoms with Gasteiger partial charge in [-0.25, -0.2) is 0 Å². The Morgan fingerprint density at radius 1 is 1.27 bits per heavy atom. The lowest BCUT2D eigenvalue weighted by Gasteiger charge is -2.32. The van der Waals surface area contributed by atoms with E-state index in [0.717, 1.165) is 12.0 Å². The van der Waals surface area contributed by atoms with E-state index in [-0.39, 0.29) is 0 Å². The van der Waals surface area contributed by atoms with E-state index in [9.17, 15) is 0 Å². The summed E-state index contributed by atoms with van der Waals surface area (Å²) < 4.78 is 0. The third-order valence-electron chi connectivity index (χ3n) is 3.66. The summed E-state index contributed by atoms with van der Waals surface area (Å²) >= 11 is 2.12. The molecular weight excluding hydrogens is 204 g/mol. The van der Waals surface area contributed by atoms with Gasteiger partial charge < -0.3 is 10.2 Å². The van der Waals surface area contributed by atoms with Crippen LogP contribution in [-0.2, 0) is 0 Å². The van der Waals surface area contributed by atoms with E-state index in [1.165, 1.54) is 56.8 Å². The number of nitrogens with zero attached hydrogens (tertiary/aromatic N) is 1. The molecule has 0 aromatic heterocycles. The maximum atomic E-state index is 3.77. The van der Waals surface area contributed by atoms with Crippen LogP contribution >= 0.6 is 11.8 Å². The number of piperidine rings is 1. The summed E-state index contributed by atoms with van der Waals surface area (Å²) in [5, 5.41) is 3.77. The molecule has 0 saturated carbocycles. The van der Waals surface area contributed by atoms with Gasteiger partial charge in [-0.3, -0.25) is 0 Å². The van der Waals surface area contributed by atoms with Crippen molar-refractivity contribution in [3.8, 4) is 0 Å². The van der Waals surface area contributed by atoms with Crippen molar-refractivity contribution in [2.75, 3.05) is 38.2 Å². The van der Waals surface area contributed by atoms with Gasteiger partial charge in [-0.1, -0.05) is 0 Å². The van der Waals surface area contributed by atoms with Crippen LogP contribution in [0.4, 0.5) is 0 Å². The van der Waals surface area contributed by atoms with E-state index in [1.807, 2.05) is 0 Å². The molecule has 88 valence electrons. The molecule has 2 rings (SSSR count). The van der Waals surface area contributed by atoms with Gasteiger partial charge in [0.1, 0.15) is 0 Å². The molecule has 0 aromatic rings. The quantitative estimate of drug-likeness (QED) is 0.793. The normalized spacial score (nSPS) is 30.6. The second-order valence-corrected chi connectivity index (χ2v) is 6.29. The number of hydrogen-bond donors (Lipinski definition) is 1. The fourth-order valence-corrected chi connectivity index (χ4v) is 3.82. The molecule has 2 fully saturated rings. The van der Waals surface area contributed by atoms with Gasteiger partial charge in [-0.15, -0.1) is 0 Å². The molecule has 2 nitrogen and oxygen atoms in total. The van der Waals surface area contributed by atoms with Crippen molar-refractivity contribution >= 4 is 11.8 Å². The molecule has 3 heteroatoms. The van der Waals surface area contributed by atoms with Crippen LogP contribution in [0.2, 0.25) is 0 Å².